The van der Waals surface area contributed by atoms with Gasteiger partial charge in [0.05, 0.1) is 0 Å². The summed E-state index contributed by atoms with van der Waals surface area (Å²) in [5.74, 6) is 0. The summed E-state index contributed by atoms with van der Waals surface area (Å²) in [6.07, 6.45) is 7.11. The van der Waals surface area contributed by atoms with E-state index in [1.165, 1.54) is 63.8 Å². The minimum atomic E-state index is 0.591. The summed E-state index contributed by atoms with van der Waals surface area (Å²) in [5.41, 5.74) is 2.11. The highest BCUT2D eigenvalue weighted by atomic mass is 15.3. The molecule has 2 atom stereocenters. The molecule has 1 aromatic carbocycles. The van der Waals surface area contributed by atoms with E-state index in [1.54, 1.807) is 0 Å². The quantitative estimate of drug-likeness (QED) is 0.835. The van der Waals surface area contributed by atoms with Gasteiger partial charge >= 0.3 is 0 Å². The Labute approximate surface area is 129 Å². The molecule has 2 heteroatoms. The first kappa shape index (κ1) is 13.8. The van der Waals surface area contributed by atoms with Gasteiger partial charge in [-0.05, 0) is 43.2 Å². The molecule has 1 saturated carbocycles. The van der Waals surface area contributed by atoms with Gasteiger partial charge in [-0.25, -0.2) is 0 Å². The molecular weight excluding hydrogens is 256 g/mol. The van der Waals surface area contributed by atoms with Crippen LogP contribution in [0.15, 0.2) is 30.3 Å². The van der Waals surface area contributed by atoms with Crippen LogP contribution in [0.2, 0.25) is 0 Å². The molecule has 3 fully saturated rings. The van der Waals surface area contributed by atoms with Crippen molar-refractivity contribution in [1.82, 2.24) is 9.80 Å². The van der Waals surface area contributed by atoms with Crippen LogP contribution in [0.3, 0.4) is 0 Å². The topological polar surface area (TPSA) is 6.48 Å². The van der Waals surface area contributed by atoms with Crippen molar-refractivity contribution in [3.05, 3.63) is 35.9 Å². The monoisotopic (exact) mass is 284 g/mol. The average molecular weight is 284 g/mol. The van der Waals surface area contributed by atoms with Crippen molar-refractivity contribution < 1.29 is 0 Å². The molecule has 0 spiro atoms. The Balaban J connectivity index is 1.57. The van der Waals surface area contributed by atoms with E-state index in [0.717, 1.165) is 6.04 Å². The molecule has 1 aromatic rings. The van der Waals surface area contributed by atoms with Crippen LogP contribution in [0.4, 0.5) is 0 Å². The van der Waals surface area contributed by atoms with E-state index in [4.69, 9.17) is 0 Å². The first-order valence-corrected chi connectivity index (χ1v) is 8.77. The summed E-state index contributed by atoms with van der Waals surface area (Å²) in [6.45, 7) is 7.65. The van der Waals surface area contributed by atoms with Crippen LogP contribution in [0.1, 0.15) is 50.6 Å². The SMILES string of the molecule is CC1(CN2CC3CCCN3CC2c2ccccc2)CCC1. The van der Waals surface area contributed by atoms with Gasteiger partial charge in [0, 0.05) is 31.7 Å². The third-order valence-electron chi connectivity index (χ3n) is 6.12. The van der Waals surface area contributed by atoms with E-state index in [1.807, 2.05) is 0 Å². The molecule has 21 heavy (non-hydrogen) atoms. The second kappa shape index (κ2) is 5.40. The molecule has 2 nitrogen and oxygen atoms in total. The fourth-order valence-corrected chi connectivity index (χ4v) is 4.67. The molecule has 4 rings (SSSR count). The van der Waals surface area contributed by atoms with Gasteiger partial charge in [-0.3, -0.25) is 9.80 Å². The third-order valence-corrected chi connectivity index (χ3v) is 6.12. The fourth-order valence-electron chi connectivity index (χ4n) is 4.67. The zero-order valence-electron chi connectivity index (χ0n) is 13.3. The second-order valence-electron chi connectivity index (χ2n) is 7.81. The third kappa shape index (κ3) is 2.64. The molecule has 2 aliphatic heterocycles. The number of piperazine rings is 1. The molecule has 2 heterocycles. The smallest absolute Gasteiger partial charge is 0.0476 e. The first-order valence-electron chi connectivity index (χ1n) is 8.77. The molecule has 2 saturated heterocycles. The molecular formula is C19H28N2. The lowest BCUT2D eigenvalue weighted by molar-refractivity contribution is -0.00172. The largest absolute Gasteiger partial charge is 0.297 e. The van der Waals surface area contributed by atoms with E-state index in [9.17, 15) is 0 Å². The van der Waals surface area contributed by atoms with Crippen molar-refractivity contribution in [1.29, 1.82) is 0 Å². The van der Waals surface area contributed by atoms with Crippen molar-refractivity contribution in [2.45, 2.75) is 51.1 Å². The summed E-state index contributed by atoms with van der Waals surface area (Å²) in [5, 5.41) is 0. The minimum absolute atomic E-state index is 0.591. The molecule has 1 aliphatic carbocycles. The maximum absolute atomic E-state index is 2.82. The summed E-state index contributed by atoms with van der Waals surface area (Å²) in [4.78, 5) is 5.57. The summed E-state index contributed by atoms with van der Waals surface area (Å²) in [7, 11) is 0. The molecule has 0 radical (unpaired) electrons. The molecule has 0 bridgehead atoms. The van der Waals surface area contributed by atoms with E-state index in [-0.39, 0.29) is 0 Å². The van der Waals surface area contributed by atoms with Crippen LogP contribution in [0.25, 0.3) is 0 Å². The lowest BCUT2D eigenvalue weighted by atomic mass is 9.70. The molecule has 0 aromatic heterocycles. The normalized spacial score (nSPS) is 32.6. The Kier molecular flexibility index (Phi) is 3.55. The number of hydrogen-bond acceptors (Lipinski definition) is 2. The van der Waals surface area contributed by atoms with E-state index >= 15 is 0 Å². The number of benzene rings is 1. The number of nitrogens with zero attached hydrogens (tertiary/aromatic N) is 2. The number of fused-ring (bicyclic) bond motifs is 1. The maximum atomic E-state index is 2.82. The van der Waals surface area contributed by atoms with Gasteiger partial charge in [0.2, 0.25) is 0 Å². The highest BCUT2D eigenvalue weighted by Gasteiger charge is 2.41. The van der Waals surface area contributed by atoms with Gasteiger partial charge in [0.25, 0.3) is 0 Å². The van der Waals surface area contributed by atoms with Crippen LogP contribution in [0, 0.1) is 5.41 Å². The lowest BCUT2D eigenvalue weighted by Gasteiger charge is -2.49. The summed E-state index contributed by atoms with van der Waals surface area (Å²) < 4.78 is 0. The predicted octanol–water partition coefficient (Wildman–Crippen LogP) is 3.70. The number of hydrogen-bond donors (Lipinski definition) is 0. The Morgan fingerprint density at radius 1 is 1.10 bits per heavy atom. The molecule has 0 N–H and O–H groups in total. The van der Waals surface area contributed by atoms with Crippen molar-refractivity contribution >= 4 is 0 Å². The van der Waals surface area contributed by atoms with Gasteiger partial charge in [-0.15, -0.1) is 0 Å². The fraction of sp³-hybridized carbons (Fsp3) is 0.684. The van der Waals surface area contributed by atoms with Crippen molar-refractivity contribution in [3.63, 3.8) is 0 Å². The minimum Gasteiger partial charge on any atom is -0.297 e. The van der Waals surface area contributed by atoms with Crippen LogP contribution < -0.4 is 0 Å². The molecule has 0 amide bonds. The Morgan fingerprint density at radius 2 is 1.90 bits per heavy atom. The summed E-state index contributed by atoms with van der Waals surface area (Å²) >= 11 is 0. The van der Waals surface area contributed by atoms with Gasteiger partial charge in [-0.1, -0.05) is 43.7 Å². The predicted molar refractivity (Wildman–Crippen MR) is 87.3 cm³/mol. The Bertz CT molecular complexity index is 480. The molecule has 114 valence electrons. The van der Waals surface area contributed by atoms with E-state index < -0.39 is 0 Å². The van der Waals surface area contributed by atoms with Crippen LogP contribution >= 0.6 is 0 Å². The molecule has 2 unspecified atom stereocenters. The van der Waals surface area contributed by atoms with Crippen LogP contribution in [-0.4, -0.2) is 42.0 Å². The highest BCUT2D eigenvalue weighted by Crippen LogP contribution is 2.43. The van der Waals surface area contributed by atoms with E-state index in [0.29, 0.717) is 11.5 Å². The van der Waals surface area contributed by atoms with Crippen molar-refractivity contribution in [2.24, 2.45) is 5.41 Å². The lowest BCUT2D eigenvalue weighted by Crippen LogP contribution is -2.54. The average Bonchev–Trinajstić information content (AvgIpc) is 2.93. The number of rotatable bonds is 3. The zero-order valence-corrected chi connectivity index (χ0v) is 13.3. The highest BCUT2D eigenvalue weighted by molar-refractivity contribution is 5.21. The van der Waals surface area contributed by atoms with Crippen molar-refractivity contribution in [2.75, 3.05) is 26.2 Å². The zero-order chi connectivity index (χ0) is 14.3. The van der Waals surface area contributed by atoms with Gasteiger partial charge in [0.1, 0.15) is 0 Å². The molecule has 3 aliphatic rings. The Hall–Kier alpha value is -0.860. The van der Waals surface area contributed by atoms with Crippen LogP contribution in [0.5, 0.6) is 0 Å². The Morgan fingerprint density at radius 3 is 2.62 bits per heavy atom. The first-order chi connectivity index (χ1) is 10.2. The maximum Gasteiger partial charge on any atom is 0.0476 e. The summed E-state index contributed by atoms with van der Waals surface area (Å²) in [6, 6.07) is 12.6. The van der Waals surface area contributed by atoms with Gasteiger partial charge in [-0.2, -0.15) is 0 Å². The van der Waals surface area contributed by atoms with E-state index in [2.05, 4.69) is 47.1 Å². The van der Waals surface area contributed by atoms with Gasteiger partial charge < -0.3 is 0 Å². The second-order valence-corrected chi connectivity index (χ2v) is 7.81. The van der Waals surface area contributed by atoms with Gasteiger partial charge in [0.15, 0.2) is 0 Å². The van der Waals surface area contributed by atoms with Crippen molar-refractivity contribution in [3.8, 4) is 0 Å². The standard InChI is InChI=1S/C19H28N2/c1-19(10-6-11-19)15-21-13-17-9-5-12-20(17)14-18(21)16-7-3-2-4-8-16/h2-4,7-8,17-18H,5-6,9-15H2,1H3. The van der Waals surface area contributed by atoms with Crippen LogP contribution in [-0.2, 0) is 0 Å².